The molecule has 4 nitrogen and oxygen atoms in total. The van der Waals surface area contributed by atoms with Gasteiger partial charge in [-0.25, -0.2) is 0 Å². The summed E-state index contributed by atoms with van der Waals surface area (Å²) in [5, 5.41) is 12.2. The van der Waals surface area contributed by atoms with Crippen molar-refractivity contribution >= 4 is 5.91 Å². The van der Waals surface area contributed by atoms with Crippen molar-refractivity contribution in [2.24, 2.45) is 0 Å². The molecule has 2 aromatic carbocycles. The Bertz CT molecular complexity index is 936. The number of aliphatic hydroxyl groups is 1. The van der Waals surface area contributed by atoms with Crippen LogP contribution in [0.5, 0.6) is 0 Å². The maximum absolute atomic E-state index is 13.2. The van der Waals surface area contributed by atoms with E-state index in [1.165, 1.54) is 0 Å². The van der Waals surface area contributed by atoms with E-state index in [4.69, 9.17) is 0 Å². The summed E-state index contributed by atoms with van der Waals surface area (Å²) in [4.78, 5) is 19.3. The van der Waals surface area contributed by atoms with Crippen molar-refractivity contribution < 1.29 is 9.90 Å². The molecule has 0 radical (unpaired) electrons. The van der Waals surface area contributed by atoms with E-state index in [1.807, 2.05) is 68.4 Å². The van der Waals surface area contributed by atoms with E-state index in [1.54, 1.807) is 23.2 Å². The van der Waals surface area contributed by atoms with Crippen molar-refractivity contribution in [3.63, 3.8) is 0 Å². The second kappa shape index (κ2) is 7.80. The topological polar surface area (TPSA) is 53.4 Å². The minimum atomic E-state index is -1.29. The van der Waals surface area contributed by atoms with Crippen LogP contribution in [-0.2, 0) is 5.60 Å². The Morgan fingerprint density at radius 1 is 0.966 bits per heavy atom. The summed E-state index contributed by atoms with van der Waals surface area (Å²) in [6.45, 7) is 4.67. The molecule has 1 atom stereocenters. The predicted octanol–water partition coefficient (Wildman–Crippen LogP) is 4.24. The van der Waals surface area contributed by atoms with Crippen molar-refractivity contribution in [2.75, 3.05) is 6.54 Å². The SMILES string of the molecule is Cc1ccc(C(O)(c2ccc(C)cc2)[C@@H]2CCCN2C(=O)c2ccccn2)cc1. The monoisotopic (exact) mass is 386 g/mol. The van der Waals surface area contributed by atoms with Gasteiger partial charge in [-0.1, -0.05) is 65.7 Å². The van der Waals surface area contributed by atoms with Gasteiger partial charge in [-0.2, -0.15) is 0 Å². The first-order chi connectivity index (χ1) is 14.0. The average molecular weight is 386 g/mol. The second-order valence-corrected chi connectivity index (χ2v) is 7.87. The molecule has 1 aromatic heterocycles. The number of amides is 1. The molecule has 148 valence electrons. The van der Waals surface area contributed by atoms with Crippen LogP contribution in [0.3, 0.4) is 0 Å². The minimum absolute atomic E-state index is 0.134. The summed E-state index contributed by atoms with van der Waals surface area (Å²) >= 11 is 0. The smallest absolute Gasteiger partial charge is 0.272 e. The Labute approximate surface area is 171 Å². The first-order valence-electron chi connectivity index (χ1n) is 10.1. The number of aryl methyl sites for hydroxylation is 2. The molecule has 3 aromatic rings. The second-order valence-electron chi connectivity index (χ2n) is 7.87. The number of pyridine rings is 1. The van der Waals surface area contributed by atoms with Gasteiger partial charge in [0, 0.05) is 12.7 Å². The summed E-state index contributed by atoms with van der Waals surface area (Å²) < 4.78 is 0. The summed E-state index contributed by atoms with van der Waals surface area (Å²) in [6.07, 6.45) is 3.21. The molecule has 1 fully saturated rings. The zero-order valence-electron chi connectivity index (χ0n) is 16.9. The Balaban J connectivity index is 1.81. The van der Waals surface area contributed by atoms with E-state index >= 15 is 0 Å². The number of likely N-dealkylation sites (tertiary alicyclic amines) is 1. The number of carbonyl (C=O) groups is 1. The van der Waals surface area contributed by atoms with Crippen LogP contribution < -0.4 is 0 Å². The first kappa shape index (κ1) is 19.3. The third-order valence-corrected chi connectivity index (χ3v) is 5.86. The van der Waals surface area contributed by atoms with E-state index in [2.05, 4.69) is 4.98 Å². The van der Waals surface area contributed by atoms with Gasteiger partial charge in [0.1, 0.15) is 11.3 Å². The molecule has 4 rings (SSSR count). The van der Waals surface area contributed by atoms with Crippen LogP contribution >= 0.6 is 0 Å². The molecule has 29 heavy (non-hydrogen) atoms. The van der Waals surface area contributed by atoms with Crippen molar-refractivity contribution in [3.8, 4) is 0 Å². The minimum Gasteiger partial charge on any atom is -0.378 e. The van der Waals surface area contributed by atoms with Crippen LogP contribution in [0.4, 0.5) is 0 Å². The van der Waals surface area contributed by atoms with Gasteiger partial charge in [-0.05, 0) is 49.9 Å². The Kier molecular flexibility index (Phi) is 5.20. The molecule has 2 heterocycles. The third-order valence-electron chi connectivity index (χ3n) is 5.86. The van der Waals surface area contributed by atoms with Crippen LogP contribution in [0.15, 0.2) is 72.9 Å². The van der Waals surface area contributed by atoms with Crippen LogP contribution in [-0.4, -0.2) is 33.5 Å². The molecule has 0 spiro atoms. The highest BCUT2D eigenvalue weighted by Gasteiger charge is 2.47. The maximum Gasteiger partial charge on any atom is 0.272 e. The highest BCUT2D eigenvalue weighted by Crippen LogP contribution is 2.41. The molecule has 1 N–H and O–H groups in total. The van der Waals surface area contributed by atoms with E-state index < -0.39 is 5.60 Å². The fourth-order valence-electron chi connectivity index (χ4n) is 4.25. The van der Waals surface area contributed by atoms with Gasteiger partial charge in [0.25, 0.3) is 5.91 Å². The van der Waals surface area contributed by atoms with Crippen LogP contribution in [0.1, 0.15) is 45.6 Å². The standard InChI is InChI=1S/C25H26N2O2/c1-18-8-12-20(13-9-18)25(29,21-14-10-19(2)11-15-21)23-7-5-17-27(23)24(28)22-6-3-4-16-26-22/h3-4,6,8-16,23,29H,5,7,17H2,1-2H3/t23-/m0/s1. The van der Waals surface area contributed by atoms with Gasteiger partial charge in [-0.3, -0.25) is 9.78 Å². The Morgan fingerprint density at radius 3 is 2.07 bits per heavy atom. The van der Waals surface area contributed by atoms with Crippen LogP contribution in [0, 0.1) is 13.8 Å². The zero-order chi connectivity index (χ0) is 20.4. The Hall–Kier alpha value is -2.98. The summed E-state index contributed by atoms with van der Waals surface area (Å²) in [7, 11) is 0. The molecule has 0 saturated carbocycles. The van der Waals surface area contributed by atoms with Gasteiger partial charge >= 0.3 is 0 Å². The number of nitrogens with zero attached hydrogens (tertiary/aromatic N) is 2. The molecule has 1 aliphatic heterocycles. The normalized spacial score (nSPS) is 16.8. The Morgan fingerprint density at radius 2 is 1.55 bits per heavy atom. The maximum atomic E-state index is 13.2. The summed E-state index contributed by atoms with van der Waals surface area (Å²) in [5.41, 5.74) is 2.99. The largest absolute Gasteiger partial charge is 0.378 e. The number of rotatable bonds is 4. The van der Waals surface area contributed by atoms with Gasteiger partial charge in [0.2, 0.25) is 0 Å². The number of aromatic nitrogens is 1. The number of benzene rings is 2. The van der Waals surface area contributed by atoms with Crippen molar-refractivity contribution in [2.45, 2.75) is 38.3 Å². The summed E-state index contributed by atoms with van der Waals surface area (Å²) in [6, 6.07) is 20.9. The van der Waals surface area contributed by atoms with Crippen LogP contribution in [0.2, 0.25) is 0 Å². The number of hydrogen-bond acceptors (Lipinski definition) is 3. The van der Waals surface area contributed by atoms with Gasteiger partial charge < -0.3 is 10.0 Å². The van der Waals surface area contributed by atoms with Crippen molar-refractivity contribution in [3.05, 3.63) is 101 Å². The summed E-state index contributed by atoms with van der Waals surface area (Å²) in [5.74, 6) is -0.134. The van der Waals surface area contributed by atoms with E-state index in [0.29, 0.717) is 12.2 Å². The zero-order valence-corrected chi connectivity index (χ0v) is 16.9. The molecule has 1 amide bonds. The lowest BCUT2D eigenvalue weighted by atomic mass is 9.78. The average Bonchev–Trinajstić information content (AvgIpc) is 3.25. The number of carbonyl (C=O) groups excluding carboxylic acids is 1. The first-order valence-corrected chi connectivity index (χ1v) is 10.1. The quantitative estimate of drug-likeness (QED) is 0.730. The lowest BCUT2D eigenvalue weighted by Gasteiger charge is -2.40. The third kappa shape index (κ3) is 3.56. The number of hydrogen-bond donors (Lipinski definition) is 1. The van der Waals surface area contributed by atoms with E-state index in [9.17, 15) is 9.90 Å². The van der Waals surface area contributed by atoms with Gasteiger partial charge in [0.15, 0.2) is 0 Å². The molecule has 0 aliphatic carbocycles. The molecule has 1 saturated heterocycles. The molecule has 1 aliphatic rings. The lowest BCUT2D eigenvalue weighted by molar-refractivity contribution is -0.000951. The highest BCUT2D eigenvalue weighted by molar-refractivity contribution is 5.92. The fraction of sp³-hybridized carbons (Fsp3) is 0.280. The highest BCUT2D eigenvalue weighted by atomic mass is 16.3. The molecule has 0 unspecified atom stereocenters. The fourth-order valence-corrected chi connectivity index (χ4v) is 4.25. The lowest BCUT2D eigenvalue weighted by Crippen LogP contribution is -2.50. The van der Waals surface area contributed by atoms with Gasteiger partial charge in [0.05, 0.1) is 6.04 Å². The molecule has 4 heteroatoms. The van der Waals surface area contributed by atoms with Gasteiger partial charge in [-0.15, -0.1) is 0 Å². The predicted molar refractivity (Wildman–Crippen MR) is 114 cm³/mol. The van der Waals surface area contributed by atoms with Crippen LogP contribution in [0.25, 0.3) is 0 Å². The molecular weight excluding hydrogens is 360 g/mol. The van der Waals surface area contributed by atoms with Crippen molar-refractivity contribution in [1.82, 2.24) is 9.88 Å². The van der Waals surface area contributed by atoms with E-state index in [-0.39, 0.29) is 11.9 Å². The molecular formula is C25H26N2O2. The van der Waals surface area contributed by atoms with E-state index in [0.717, 1.165) is 35.1 Å². The van der Waals surface area contributed by atoms with Crippen molar-refractivity contribution in [1.29, 1.82) is 0 Å². The molecule has 0 bridgehead atoms.